The third-order valence-corrected chi connectivity index (χ3v) is 4.12. The van der Waals surface area contributed by atoms with Gasteiger partial charge in [0.2, 0.25) is 0 Å². The minimum atomic E-state index is -0.474. The number of nitriles is 2. The average molecular weight is 238 g/mol. The first-order valence-electron chi connectivity index (χ1n) is 6.64. The van der Waals surface area contributed by atoms with Crippen molar-refractivity contribution in [2.24, 2.45) is 11.3 Å². The third-order valence-electron chi connectivity index (χ3n) is 4.12. The van der Waals surface area contributed by atoms with Crippen molar-refractivity contribution in [3.05, 3.63) is 35.9 Å². The molecule has 0 heterocycles. The SMILES string of the molecule is N#CC(C#N)C1(Cc2ccccc2)CCCCC1. The first-order chi connectivity index (χ1) is 8.80. The summed E-state index contributed by atoms with van der Waals surface area (Å²) >= 11 is 0. The predicted molar refractivity (Wildman–Crippen MR) is 70.4 cm³/mol. The summed E-state index contributed by atoms with van der Waals surface area (Å²) in [6, 6.07) is 14.7. The van der Waals surface area contributed by atoms with Gasteiger partial charge in [-0.05, 0) is 24.8 Å². The molecule has 92 valence electrons. The molecular formula is C16H18N2. The van der Waals surface area contributed by atoms with E-state index in [9.17, 15) is 10.5 Å². The van der Waals surface area contributed by atoms with Gasteiger partial charge in [0.25, 0.3) is 0 Å². The molecule has 0 atom stereocenters. The van der Waals surface area contributed by atoms with Crippen LogP contribution >= 0.6 is 0 Å². The van der Waals surface area contributed by atoms with Crippen molar-refractivity contribution >= 4 is 0 Å². The molecule has 0 aliphatic heterocycles. The van der Waals surface area contributed by atoms with Gasteiger partial charge in [0.15, 0.2) is 0 Å². The molecule has 0 spiro atoms. The van der Waals surface area contributed by atoms with Crippen LogP contribution in [0.15, 0.2) is 30.3 Å². The standard InChI is InChI=1S/C16H18N2/c17-12-15(13-18)16(9-5-2-6-10-16)11-14-7-3-1-4-8-14/h1,3-4,7-8,15H,2,5-6,9-11H2. The Morgan fingerprint density at radius 3 is 2.17 bits per heavy atom. The van der Waals surface area contributed by atoms with Crippen molar-refractivity contribution in [3.8, 4) is 12.1 Å². The van der Waals surface area contributed by atoms with Gasteiger partial charge >= 0.3 is 0 Å². The van der Waals surface area contributed by atoms with Crippen molar-refractivity contribution in [2.45, 2.75) is 38.5 Å². The normalized spacial score (nSPS) is 17.9. The van der Waals surface area contributed by atoms with Crippen molar-refractivity contribution in [1.29, 1.82) is 10.5 Å². The summed E-state index contributed by atoms with van der Waals surface area (Å²) in [5.41, 5.74) is 1.12. The zero-order chi connectivity index (χ0) is 12.8. The number of hydrogen-bond acceptors (Lipinski definition) is 2. The number of hydrogen-bond donors (Lipinski definition) is 0. The maximum Gasteiger partial charge on any atom is 0.139 e. The fraction of sp³-hybridized carbons (Fsp3) is 0.500. The highest BCUT2D eigenvalue weighted by molar-refractivity contribution is 5.20. The molecule has 1 aliphatic rings. The van der Waals surface area contributed by atoms with Gasteiger partial charge in [-0.15, -0.1) is 0 Å². The van der Waals surface area contributed by atoms with Gasteiger partial charge in [0.1, 0.15) is 5.92 Å². The Kier molecular flexibility index (Phi) is 4.00. The Labute approximate surface area is 109 Å². The van der Waals surface area contributed by atoms with Gasteiger partial charge in [-0.3, -0.25) is 0 Å². The summed E-state index contributed by atoms with van der Waals surface area (Å²) in [7, 11) is 0. The Balaban J connectivity index is 2.26. The molecule has 18 heavy (non-hydrogen) atoms. The highest BCUT2D eigenvalue weighted by atomic mass is 14.5. The second-order valence-corrected chi connectivity index (χ2v) is 5.28. The van der Waals surface area contributed by atoms with Crippen LogP contribution in [-0.2, 0) is 6.42 Å². The Morgan fingerprint density at radius 1 is 1.00 bits per heavy atom. The molecule has 0 aromatic heterocycles. The van der Waals surface area contributed by atoms with E-state index in [-0.39, 0.29) is 5.41 Å². The largest absolute Gasteiger partial charge is 0.197 e. The molecule has 2 heteroatoms. The van der Waals surface area contributed by atoms with Crippen molar-refractivity contribution in [3.63, 3.8) is 0 Å². The molecule has 1 aromatic rings. The number of nitrogens with zero attached hydrogens (tertiary/aromatic N) is 2. The average Bonchev–Trinajstić information content (AvgIpc) is 2.42. The Morgan fingerprint density at radius 2 is 1.61 bits per heavy atom. The van der Waals surface area contributed by atoms with E-state index in [0.717, 1.165) is 32.1 Å². The van der Waals surface area contributed by atoms with E-state index in [1.54, 1.807) is 0 Å². The van der Waals surface area contributed by atoms with Gasteiger partial charge < -0.3 is 0 Å². The quantitative estimate of drug-likeness (QED) is 0.803. The van der Waals surface area contributed by atoms with E-state index in [0.29, 0.717) is 0 Å². The lowest BCUT2D eigenvalue weighted by Gasteiger charge is -2.38. The van der Waals surface area contributed by atoms with E-state index in [2.05, 4.69) is 24.3 Å². The molecule has 1 aliphatic carbocycles. The summed E-state index contributed by atoms with van der Waals surface area (Å²) in [5.74, 6) is -0.474. The Hall–Kier alpha value is -1.80. The Bertz CT molecular complexity index is 444. The molecule has 1 saturated carbocycles. The molecule has 1 fully saturated rings. The van der Waals surface area contributed by atoms with Gasteiger partial charge in [-0.1, -0.05) is 49.6 Å². The van der Waals surface area contributed by atoms with E-state index >= 15 is 0 Å². The summed E-state index contributed by atoms with van der Waals surface area (Å²) in [5, 5.41) is 18.5. The number of benzene rings is 1. The van der Waals surface area contributed by atoms with Crippen LogP contribution in [0.4, 0.5) is 0 Å². The molecule has 0 unspecified atom stereocenters. The van der Waals surface area contributed by atoms with E-state index in [1.165, 1.54) is 12.0 Å². The summed E-state index contributed by atoms with van der Waals surface area (Å²) in [6.45, 7) is 0. The minimum absolute atomic E-state index is 0.122. The van der Waals surface area contributed by atoms with Crippen molar-refractivity contribution in [1.82, 2.24) is 0 Å². The maximum atomic E-state index is 9.25. The van der Waals surface area contributed by atoms with Gasteiger partial charge in [0, 0.05) is 5.41 Å². The molecular weight excluding hydrogens is 220 g/mol. The molecule has 0 radical (unpaired) electrons. The van der Waals surface area contributed by atoms with E-state index in [1.807, 2.05) is 18.2 Å². The highest BCUT2D eigenvalue weighted by Gasteiger charge is 2.40. The van der Waals surface area contributed by atoms with Gasteiger partial charge in [-0.2, -0.15) is 10.5 Å². The lowest BCUT2D eigenvalue weighted by Crippen LogP contribution is -2.33. The topological polar surface area (TPSA) is 47.6 Å². The number of rotatable bonds is 3. The molecule has 1 aromatic carbocycles. The molecule has 0 saturated heterocycles. The fourth-order valence-electron chi connectivity index (χ4n) is 3.13. The van der Waals surface area contributed by atoms with Gasteiger partial charge in [-0.25, -0.2) is 0 Å². The molecule has 2 rings (SSSR count). The van der Waals surface area contributed by atoms with Crippen molar-refractivity contribution in [2.75, 3.05) is 0 Å². The van der Waals surface area contributed by atoms with E-state index in [4.69, 9.17) is 0 Å². The molecule has 0 N–H and O–H groups in total. The van der Waals surface area contributed by atoms with Crippen LogP contribution in [0.1, 0.15) is 37.7 Å². The summed E-state index contributed by atoms with van der Waals surface area (Å²) in [6.07, 6.45) is 6.40. The zero-order valence-electron chi connectivity index (χ0n) is 10.6. The zero-order valence-corrected chi connectivity index (χ0v) is 10.6. The maximum absolute atomic E-state index is 9.25. The molecule has 0 amide bonds. The fourth-order valence-corrected chi connectivity index (χ4v) is 3.13. The lowest BCUT2D eigenvalue weighted by atomic mass is 9.63. The van der Waals surface area contributed by atoms with Crippen LogP contribution in [0.25, 0.3) is 0 Å². The van der Waals surface area contributed by atoms with Gasteiger partial charge in [0.05, 0.1) is 12.1 Å². The molecule has 2 nitrogen and oxygen atoms in total. The first kappa shape index (κ1) is 12.7. The third kappa shape index (κ3) is 2.54. The summed E-state index contributed by atoms with van der Waals surface area (Å²) in [4.78, 5) is 0. The molecule has 0 bridgehead atoms. The van der Waals surface area contributed by atoms with Crippen LogP contribution < -0.4 is 0 Å². The van der Waals surface area contributed by atoms with E-state index < -0.39 is 5.92 Å². The van der Waals surface area contributed by atoms with Crippen LogP contribution in [0.5, 0.6) is 0 Å². The first-order valence-corrected chi connectivity index (χ1v) is 6.64. The lowest BCUT2D eigenvalue weighted by molar-refractivity contribution is 0.156. The predicted octanol–water partition coefficient (Wildman–Crippen LogP) is 3.84. The second-order valence-electron chi connectivity index (χ2n) is 5.28. The van der Waals surface area contributed by atoms with Crippen LogP contribution in [0.2, 0.25) is 0 Å². The second kappa shape index (κ2) is 5.69. The minimum Gasteiger partial charge on any atom is -0.197 e. The smallest absolute Gasteiger partial charge is 0.139 e. The highest BCUT2D eigenvalue weighted by Crippen LogP contribution is 2.44. The monoisotopic (exact) mass is 238 g/mol. The van der Waals surface area contributed by atoms with Crippen LogP contribution in [0, 0.1) is 34.0 Å². The van der Waals surface area contributed by atoms with Crippen LogP contribution in [-0.4, -0.2) is 0 Å². The summed E-state index contributed by atoms with van der Waals surface area (Å²) < 4.78 is 0. The van der Waals surface area contributed by atoms with Crippen LogP contribution in [0.3, 0.4) is 0 Å². The van der Waals surface area contributed by atoms with Crippen molar-refractivity contribution < 1.29 is 0 Å².